The molecule has 0 spiro atoms. The first-order valence-electron chi connectivity index (χ1n) is 11.7. The van der Waals surface area contributed by atoms with Gasteiger partial charge in [-0.3, -0.25) is 9.59 Å². The van der Waals surface area contributed by atoms with Gasteiger partial charge in [0.25, 0.3) is 11.8 Å². The van der Waals surface area contributed by atoms with Gasteiger partial charge in [-0.05, 0) is 61.7 Å². The van der Waals surface area contributed by atoms with Crippen molar-refractivity contribution in [3.05, 3.63) is 76.0 Å². The quantitative estimate of drug-likeness (QED) is 0.213. The maximum Gasteiger partial charge on any atom is 0.335 e. The smallest absolute Gasteiger partial charge is 0.335 e. The van der Waals surface area contributed by atoms with Gasteiger partial charge in [0.1, 0.15) is 23.3 Å². The van der Waals surface area contributed by atoms with E-state index in [1.165, 1.54) is 24.4 Å². The zero-order valence-electron chi connectivity index (χ0n) is 20.9. The average Bonchev–Trinajstić information content (AvgIpc) is 3.33. The van der Waals surface area contributed by atoms with Crippen LogP contribution < -0.4 is 15.5 Å². The van der Waals surface area contributed by atoms with Crippen LogP contribution in [-0.4, -0.2) is 41.3 Å². The number of aromatic carboxylic acids is 1. The van der Waals surface area contributed by atoms with E-state index in [-0.39, 0.29) is 16.5 Å². The number of carboxylic acid groups (broad SMARTS) is 1. The third-order valence-electron chi connectivity index (χ3n) is 5.32. The predicted octanol–water partition coefficient (Wildman–Crippen LogP) is 5.40. The van der Waals surface area contributed by atoms with Crippen molar-refractivity contribution in [2.24, 2.45) is 11.0 Å². The van der Waals surface area contributed by atoms with Crippen molar-refractivity contribution in [3.63, 3.8) is 0 Å². The SMILES string of the molecule is CC(C)C[C@H](NC(=O)[C@H](C)Oc1ccc(Cl)cc1Cl)C(=O)N/N=C\c1ccc(-c2ccc(C(=O)O)cc2)o1. The molecule has 0 saturated carbocycles. The lowest BCUT2D eigenvalue weighted by Crippen LogP contribution is -2.49. The van der Waals surface area contributed by atoms with Crippen LogP contribution >= 0.6 is 23.2 Å². The lowest BCUT2D eigenvalue weighted by atomic mass is 10.0. The van der Waals surface area contributed by atoms with Crippen LogP contribution in [0.2, 0.25) is 10.0 Å². The largest absolute Gasteiger partial charge is 0.479 e. The summed E-state index contributed by atoms with van der Waals surface area (Å²) in [6, 6.07) is 13.4. The molecule has 2 amide bonds. The number of ether oxygens (including phenoxy) is 1. The molecule has 0 aliphatic carbocycles. The molecular formula is C27H27Cl2N3O6. The van der Waals surface area contributed by atoms with E-state index < -0.39 is 29.9 Å². The molecule has 3 aromatic rings. The molecule has 0 bridgehead atoms. The molecule has 0 radical (unpaired) electrons. The van der Waals surface area contributed by atoms with Gasteiger partial charge in [-0.1, -0.05) is 49.2 Å². The number of furan rings is 1. The van der Waals surface area contributed by atoms with Crippen molar-refractivity contribution in [1.82, 2.24) is 10.7 Å². The Hall–Kier alpha value is -3.82. The molecular weight excluding hydrogens is 533 g/mol. The van der Waals surface area contributed by atoms with Crippen LogP contribution in [0, 0.1) is 5.92 Å². The standard InChI is InChI=1S/C27H27Cl2N3O6/c1-15(2)12-22(31-25(33)16(3)37-24-10-8-19(28)13-21(24)29)26(34)32-30-14-20-9-11-23(38-20)17-4-6-18(7-5-17)27(35)36/h4-11,13-16,22H,12H2,1-3H3,(H,31,33)(H,32,34)(H,35,36)/b30-14-/t16-,22-/m0/s1. The average molecular weight is 560 g/mol. The monoisotopic (exact) mass is 559 g/mol. The Morgan fingerprint density at radius 3 is 2.37 bits per heavy atom. The van der Waals surface area contributed by atoms with E-state index in [1.54, 1.807) is 43.3 Å². The van der Waals surface area contributed by atoms with Gasteiger partial charge in [0.05, 0.1) is 16.8 Å². The van der Waals surface area contributed by atoms with Crippen molar-refractivity contribution in [3.8, 4) is 17.1 Å². The Bertz CT molecular complexity index is 1320. The van der Waals surface area contributed by atoms with Gasteiger partial charge < -0.3 is 19.6 Å². The lowest BCUT2D eigenvalue weighted by molar-refractivity contribution is -0.132. The van der Waals surface area contributed by atoms with Crippen LogP contribution in [0.1, 0.15) is 43.3 Å². The first-order valence-corrected chi connectivity index (χ1v) is 12.5. The molecule has 200 valence electrons. The summed E-state index contributed by atoms with van der Waals surface area (Å²) < 4.78 is 11.3. The summed E-state index contributed by atoms with van der Waals surface area (Å²) in [6.07, 6.45) is 0.777. The molecule has 3 N–H and O–H groups in total. The van der Waals surface area contributed by atoms with Gasteiger partial charge in [0.2, 0.25) is 0 Å². The first-order chi connectivity index (χ1) is 18.0. The number of nitrogens with one attached hydrogen (secondary N) is 2. The molecule has 0 unspecified atom stereocenters. The van der Waals surface area contributed by atoms with Crippen LogP contribution in [0.5, 0.6) is 5.75 Å². The Labute approximate surface area is 229 Å². The van der Waals surface area contributed by atoms with Crippen molar-refractivity contribution in [2.45, 2.75) is 39.3 Å². The van der Waals surface area contributed by atoms with Gasteiger partial charge in [-0.15, -0.1) is 0 Å². The van der Waals surface area contributed by atoms with Crippen molar-refractivity contribution < 1.29 is 28.6 Å². The molecule has 11 heteroatoms. The van der Waals surface area contributed by atoms with Crippen LogP contribution in [0.15, 0.2) is 64.1 Å². The number of carbonyl (C=O) groups is 3. The van der Waals surface area contributed by atoms with Crippen LogP contribution in [0.3, 0.4) is 0 Å². The minimum absolute atomic E-state index is 0.108. The van der Waals surface area contributed by atoms with E-state index in [2.05, 4.69) is 15.8 Å². The van der Waals surface area contributed by atoms with E-state index in [0.29, 0.717) is 34.3 Å². The summed E-state index contributed by atoms with van der Waals surface area (Å²) in [7, 11) is 0. The van der Waals surface area contributed by atoms with Gasteiger partial charge in [0, 0.05) is 10.6 Å². The fourth-order valence-electron chi connectivity index (χ4n) is 3.40. The number of hydrogen-bond donors (Lipinski definition) is 3. The predicted molar refractivity (Wildman–Crippen MR) is 145 cm³/mol. The van der Waals surface area contributed by atoms with E-state index in [4.69, 9.17) is 37.5 Å². The molecule has 1 heterocycles. The fourth-order valence-corrected chi connectivity index (χ4v) is 3.85. The number of carboxylic acids is 1. The number of hydrogen-bond acceptors (Lipinski definition) is 6. The zero-order valence-corrected chi connectivity index (χ0v) is 22.4. The van der Waals surface area contributed by atoms with Crippen LogP contribution in [-0.2, 0) is 9.59 Å². The second-order valence-corrected chi connectivity index (χ2v) is 9.69. The summed E-state index contributed by atoms with van der Waals surface area (Å²) >= 11 is 12.0. The van der Waals surface area contributed by atoms with Crippen LogP contribution in [0.25, 0.3) is 11.3 Å². The highest BCUT2D eigenvalue weighted by molar-refractivity contribution is 6.35. The Morgan fingerprint density at radius 1 is 1.03 bits per heavy atom. The number of nitrogens with zero attached hydrogens (tertiary/aromatic N) is 1. The Kier molecular flexibility index (Phi) is 9.92. The highest BCUT2D eigenvalue weighted by Crippen LogP contribution is 2.28. The summed E-state index contributed by atoms with van der Waals surface area (Å²) in [5, 5.41) is 16.4. The second kappa shape index (κ2) is 13.1. The molecule has 9 nitrogen and oxygen atoms in total. The topological polar surface area (TPSA) is 130 Å². The highest BCUT2D eigenvalue weighted by Gasteiger charge is 2.25. The van der Waals surface area contributed by atoms with Crippen molar-refractivity contribution in [1.29, 1.82) is 0 Å². The molecule has 3 rings (SSSR count). The lowest BCUT2D eigenvalue weighted by Gasteiger charge is -2.22. The molecule has 0 aliphatic heterocycles. The zero-order chi connectivity index (χ0) is 27.8. The van der Waals surface area contributed by atoms with Gasteiger partial charge in [-0.25, -0.2) is 10.2 Å². The van der Waals surface area contributed by atoms with E-state index in [1.807, 2.05) is 13.8 Å². The number of amides is 2. The molecule has 2 aromatic carbocycles. The van der Waals surface area contributed by atoms with Gasteiger partial charge in [0.15, 0.2) is 6.10 Å². The summed E-state index contributed by atoms with van der Waals surface area (Å²) in [5.41, 5.74) is 3.29. The maximum atomic E-state index is 12.8. The Balaban J connectivity index is 1.60. The van der Waals surface area contributed by atoms with E-state index in [0.717, 1.165) is 0 Å². The Morgan fingerprint density at radius 2 is 1.74 bits per heavy atom. The van der Waals surface area contributed by atoms with E-state index in [9.17, 15) is 14.4 Å². The molecule has 0 aliphatic rings. The third-order valence-corrected chi connectivity index (χ3v) is 5.85. The number of benzene rings is 2. The van der Waals surface area contributed by atoms with Crippen LogP contribution in [0.4, 0.5) is 0 Å². The van der Waals surface area contributed by atoms with Gasteiger partial charge in [-0.2, -0.15) is 5.10 Å². The number of rotatable bonds is 11. The minimum Gasteiger partial charge on any atom is -0.479 e. The van der Waals surface area contributed by atoms with Gasteiger partial charge >= 0.3 is 5.97 Å². The maximum absolute atomic E-state index is 12.8. The second-order valence-electron chi connectivity index (χ2n) is 8.84. The minimum atomic E-state index is -1.01. The molecule has 38 heavy (non-hydrogen) atoms. The summed E-state index contributed by atoms with van der Waals surface area (Å²) in [4.78, 5) is 36.5. The number of halogens is 2. The highest BCUT2D eigenvalue weighted by atomic mass is 35.5. The fraction of sp³-hybridized carbons (Fsp3) is 0.259. The van der Waals surface area contributed by atoms with Crippen molar-refractivity contribution in [2.75, 3.05) is 0 Å². The van der Waals surface area contributed by atoms with E-state index >= 15 is 0 Å². The first kappa shape index (κ1) is 28.7. The number of carbonyl (C=O) groups excluding carboxylic acids is 2. The molecule has 2 atom stereocenters. The van der Waals surface area contributed by atoms with Crippen molar-refractivity contribution >= 4 is 47.2 Å². The summed E-state index contributed by atoms with van der Waals surface area (Å²) in [5.74, 6) is -0.731. The number of hydrazone groups is 1. The third kappa shape index (κ3) is 8.09. The molecule has 1 aromatic heterocycles. The molecule has 0 saturated heterocycles. The normalized spacial score (nSPS) is 12.8. The molecule has 0 fully saturated rings. The summed E-state index contributed by atoms with van der Waals surface area (Å²) in [6.45, 7) is 5.40.